The van der Waals surface area contributed by atoms with E-state index in [2.05, 4.69) is 5.32 Å². The van der Waals surface area contributed by atoms with Crippen molar-refractivity contribution in [1.29, 1.82) is 0 Å². The number of fused-ring (bicyclic) bond motifs is 5. The van der Waals surface area contributed by atoms with E-state index in [1.807, 2.05) is 12.2 Å². The Bertz CT molecular complexity index is 471. The minimum Gasteiger partial charge on any atom is -0.450 e. The number of hydrogen-bond donors (Lipinski definition) is 1. The zero-order valence-corrected chi connectivity index (χ0v) is 11.5. The zero-order valence-electron chi connectivity index (χ0n) is 11.5. The van der Waals surface area contributed by atoms with Crippen LogP contribution in [0, 0.1) is 23.7 Å². The monoisotopic (exact) mass is 278 g/mol. The van der Waals surface area contributed by atoms with Crippen LogP contribution in [0.15, 0.2) is 12.2 Å². The quantitative estimate of drug-likeness (QED) is 0.614. The van der Waals surface area contributed by atoms with E-state index in [-0.39, 0.29) is 42.1 Å². The van der Waals surface area contributed by atoms with Crippen molar-refractivity contribution in [1.82, 2.24) is 10.2 Å². The normalized spacial score (nSPS) is 35.4. The highest BCUT2D eigenvalue weighted by Crippen LogP contribution is 2.52. The van der Waals surface area contributed by atoms with Gasteiger partial charge in [0.1, 0.15) is 6.17 Å². The first-order valence-electron chi connectivity index (χ1n) is 7.03. The first-order valence-corrected chi connectivity index (χ1v) is 7.03. The molecule has 3 aliphatic rings. The lowest BCUT2D eigenvalue weighted by Gasteiger charge is -2.24. The third kappa shape index (κ3) is 1.74. The number of imide groups is 1. The van der Waals surface area contributed by atoms with Crippen LogP contribution in [0.5, 0.6) is 0 Å². The minimum atomic E-state index is -0.668. The topological polar surface area (TPSA) is 75.7 Å². The van der Waals surface area contributed by atoms with Gasteiger partial charge in [0.15, 0.2) is 0 Å². The summed E-state index contributed by atoms with van der Waals surface area (Å²) in [6.07, 6.45) is 3.71. The third-order valence-electron chi connectivity index (χ3n) is 4.49. The van der Waals surface area contributed by atoms with Crippen molar-refractivity contribution < 1.29 is 19.1 Å². The van der Waals surface area contributed by atoms with Crippen molar-refractivity contribution in [2.45, 2.75) is 26.4 Å². The number of allylic oxidation sites excluding steroid dienone is 2. The lowest BCUT2D eigenvalue weighted by molar-refractivity contribution is -0.143. The average molecular weight is 278 g/mol. The van der Waals surface area contributed by atoms with E-state index in [1.165, 1.54) is 4.90 Å². The SMILES string of the molecule is CCOC(=O)N[C@H](C)N1C(=O)[C@@H]2[C@H](C1=O)[C@H]1C=C[C@H]2C1. The van der Waals surface area contributed by atoms with Crippen molar-refractivity contribution in [3.63, 3.8) is 0 Å². The average Bonchev–Trinajstić information content (AvgIpc) is 3.03. The molecule has 1 saturated carbocycles. The molecule has 1 heterocycles. The fourth-order valence-corrected chi connectivity index (χ4v) is 3.71. The fraction of sp³-hybridized carbons (Fsp3) is 0.643. The Labute approximate surface area is 117 Å². The standard InChI is InChI=1S/C14H18N2O4/c1-3-20-14(19)15-7(2)16-12(17)10-8-4-5-9(6-8)11(10)13(16)18/h4-5,7-11H,3,6H2,1-2H3,(H,15,19)/t7-,8-,9-,10-,11+/m0/s1. The van der Waals surface area contributed by atoms with E-state index in [4.69, 9.17) is 4.74 Å². The molecule has 1 N–H and O–H groups in total. The Morgan fingerprint density at radius 2 is 1.90 bits per heavy atom. The molecule has 0 aromatic carbocycles. The van der Waals surface area contributed by atoms with Crippen LogP contribution in [0.25, 0.3) is 0 Å². The zero-order chi connectivity index (χ0) is 14.4. The molecule has 1 saturated heterocycles. The molecule has 2 bridgehead atoms. The molecule has 20 heavy (non-hydrogen) atoms. The highest BCUT2D eigenvalue weighted by Gasteiger charge is 2.60. The summed E-state index contributed by atoms with van der Waals surface area (Å²) >= 11 is 0. The number of carbonyl (C=O) groups is 3. The number of carbonyl (C=O) groups excluding carboxylic acids is 3. The van der Waals surface area contributed by atoms with E-state index in [0.29, 0.717) is 0 Å². The van der Waals surface area contributed by atoms with Crippen LogP contribution in [0.1, 0.15) is 20.3 Å². The molecule has 6 nitrogen and oxygen atoms in total. The van der Waals surface area contributed by atoms with Crippen LogP contribution >= 0.6 is 0 Å². The third-order valence-corrected chi connectivity index (χ3v) is 4.49. The van der Waals surface area contributed by atoms with Crippen molar-refractivity contribution in [2.75, 3.05) is 6.61 Å². The molecular formula is C14H18N2O4. The maximum Gasteiger partial charge on any atom is 0.408 e. The number of hydrogen-bond acceptors (Lipinski definition) is 4. The van der Waals surface area contributed by atoms with Gasteiger partial charge in [-0.15, -0.1) is 0 Å². The van der Waals surface area contributed by atoms with Crippen LogP contribution in [0.3, 0.4) is 0 Å². The molecule has 2 fully saturated rings. The molecule has 0 radical (unpaired) electrons. The molecule has 3 amide bonds. The molecule has 108 valence electrons. The second kappa shape index (κ2) is 4.61. The Balaban J connectivity index is 1.74. The maximum absolute atomic E-state index is 12.4. The Kier molecular flexibility index (Phi) is 3.03. The van der Waals surface area contributed by atoms with Crippen molar-refractivity contribution >= 4 is 17.9 Å². The number of likely N-dealkylation sites (tertiary alicyclic amines) is 1. The smallest absolute Gasteiger partial charge is 0.408 e. The summed E-state index contributed by atoms with van der Waals surface area (Å²) in [7, 11) is 0. The number of ether oxygens (including phenoxy) is 1. The van der Waals surface area contributed by atoms with Crippen molar-refractivity contribution in [3.8, 4) is 0 Å². The van der Waals surface area contributed by atoms with Gasteiger partial charge in [-0.25, -0.2) is 4.79 Å². The van der Waals surface area contributed by atoms with Crippen LogP contribution in [-0.2, 0) is 14.3 Å². The number of rotatable bonds is 3. The van der Waals surface area contributed by atoms with E-state index < -0.39 is 12.3 Å². The van der Waals surface area contributed by atoms with Gasteiger partial charge in [-0.2, -0.15) is 0 Å². The number of nitrogens with one attached hydrogen (secondary N) is 1. The summed E-state index contributed by atoms with van der Waals surface area (Å²) in [6.45, 7) is 3.58. The van der Waals surface area contributed by atoms with Crippen LogP contribution in [0.2, 0.25) is 0 Å². The Morgan fingerprint density at radius 1 is 1.35 bits per heavy atom. The molecule has 1 aliphatic heterocycles. The van der Waals surface area contributed by atoms with E-state index in [0.717, 1.165) is 6.42 Å². The highest BCUT2D eigenvalue weighted by atomic mass is 16.5. The lowest BCUT2D eigenvalue weighted by atomic mass is 9.85. The van der Waals surface area contributed by atoms with Crippen LogP contribution < -0.4 is 5.32 Å². The second-order valence-electron chi connectivity index (χ2n) is 5.59. The summed E-state index contributed by atoms with van der Waals surface area (Å²) in [5, 5.41) is 2.53. The summed E-state index contributed by atoms with van der Waals surface area (Å²) < 4.78 is 4.78. The Morgan fingerprint density at radius 3 is 2.40 bits per heavy atom. The summed E-state index contributed by atoms with van der Waals surface area (Å²) in [5.41, 5.74) is 0. The van der Waals surface area contributed by atoms with Gasteiger partial charge in [0.2, 0.25) is 11.8 Å². The fourth-order valence-electron chi connectivity index (χ4n) is 3.71. The van der Waals surface area contributed by atoms with Crippen LogP contribution in [0.4, 0.5) is 4.79 Å². The maximum atomic E-state index is 12.4. The first kappa shape index (κ1) is 13.1. The van der Waals surface area contributed by atoms with E-state index in [1.54, 1.807) is 13.8 Å². The van der Waals surface area contributed by atoms with Gasteiger partial charge in [-0.3, -0.25) is 14.5 Å². The minimum absolute atomic E-state index is 0.166. The van der Waals surface area contributed by atoms with Crippen molar-refractivity contribution in [2.24, 2.45) is 23.7 Å². The molecule has 0 unspecified atom stereocenters. The summed E-state index contributed by atoms with van der Waals surface area (Å²) in [4.78, 5) is 37.5. The van der Waals surface area contributed by atoms with Gasteiger partial charge in [0.25, 0.3) is 0 Å². The van der Waals surface area contributed by atoms with Gasteiger partial charge in [-0.05, 0) is 32.1 Å². The Hall–Kier alpha value is -1.85. The largest absolute Gasteiger partial charge is 0.450 e. The molecule has 5 atom stereocenters. The molecule has 2 aliphatic carbocycles. The van der Waals surface area contributed by atoms with Gasteiger partial charge in [-0.1, -0.05) is 12.2 Å². The van der Waals surface area contributed by atoms with Crippen LogP contribution in [-0.4, -0.2) is 35.6 Å². The number of alkyl carbamates (subject to hydrolysis) is 1. The second-order valence-corrected chi connectivity index (χ2v) is 5.59. The molecular weight excluding hydrogens is 260 g/mol. The first-order chi connectivity index (χ1) is 9.54. The van der Waals surface area contributed by atoms with Gasteiger partial charge in [0, 0.05) is 0 Å². The molecule has 6 heteroatoms. The lowest BCUT2D eigenvalue weighted by Crippen LogP contribution is -2.50. The molecule has 3 rings (SSSR count). The molecule has 0 aromatic heterocycles. The highest BCUT2D eigenvalue weighted by molar-refractivity contribution is 6.06. The predicted molar refractivity (Wildman–Crippen MR) is 69.2 cm³/mol. The van der Waals surface area contributed by atoms with Gasteiger partial charge in [0.05, 0.1) is 18.4 Å². The molecule has 0 spiro atoms. The summed E-state index contributed by atoms with van der Waals surface area (Å²) in [6, 6.07) is 0. The van der Waals surface area contributed by atoms with E-state index >= 15 is 0 Å². The number of amides is 3. The molecule has 0 aromatic rings. The summed E-state index contributed by atoms with van der Waals surface area (Å²) in [5.74, 6) is -0.433. The number of nitrogens with zero attached hydrogens (tertiary/aromatic N) is 1. The van der Waals surface area contributed by atoms with Crippen molar-refractivity contribution in [3.05, 3.63) is 12.2 Å². The van der Waals surface area contributed by atoms with E-state index in [9.17, 15) is 14.4 Å². The predicted octanol–water partition coefficient (Wildman–Crippen LogP) is 0.886. The van der Waals surface area contributed by atoms with Gasteiger partial charge >= 0.3 is 6.09 Å². The van der Waals surface area contributed by atoms with Gasteiger partial charge < -0.3 is 10.1 Å².